The van der Waals surface area contributed by atoms with E-state index in [-0.39, 0.29) is 19.6 Å². The van der Waals surface area contributed by atoms with Crippen LogP contribution in [0.1, 0.15) is 13.3 Å². The van der Waals surface area contributed by atoms with Gasteiger partial charge in [-0.1, -0.05) is 0 Å². The van der Waals surface area contributed by atoms with E-state index in [1.54, 1.807) is 7.11 Å². The molecule has 114 valence electrons. The van der Waals surface area contributed by atoms with Crippen LogP contribution in [0.15, 0.2) is 0 Å². The molecule has 1 unspecified atom stereocenters. The summed E-state index contributed by atoms with van der Waals surface area (Å²) in [4.78, 5) is 11.3. The van der Waals surface area contributed by atoms with Crippen molar-refractivity contribution in [2.24, 2.45) is 5.73 Å². The Hall–Kier alpha value is -0.730. The Balaban J connectivity index is 3.32. The lowest BCUT2D eigenvalue weighted by Gasteiger charge is -2.19. The molecule has 0 fully saturated rings. The molecule has 0 saturated carbocycles. The van der Waals surface area contributed by atoms with E-state index < -0.39 is 11.6 Å². The maximum absolute atomic E-state index is 11.3. The van der Waals surface area contributed by atoms with Gasteiger partial charge in [0, 0.05) is 13.7 Å². The van der Waals surface area contributed by atoms with Crippen molar-refractivity contribution in [2.45, 2.75) is 18.9 Å². The Morgan fingerprint density at radius 3 is 2.16 bits per heavy atom. The molecule has 19 heavy (non-hydrogen) atoms. The minimum atomic E-state index is -1.22. The van der Waals surface area contributed by atoms with Gasteiger partial charge in [0.2, 0.25) is 0 Å². The predicted octanol–water partition coefficient (Wildman–Crippen LogP) is -0.691. The van der Waals surface area contributed by atoms with Crippen LogP contribution in [0.3, 0.4) is 0 Å². The van der Waals surface area contributed by atoms with Crippen LogP contribution in [0.2, 0.25) is 0 Å². The zero-order chi connectivity index (χ0) is 14.6. The average molecular weight is 279 g/mol. The minimum Gasteiger partial charge on any atom is -0.463 e. The van der Waals surface area contributed by atoms with Gasteiger partial charge in [0.25, 0.3) is 0 Å². The van der Waals surface area contributed by atoms with E-state index in [1.807, 2.05) is 0 Å². The second-order valence-corrected chi connectivity index (χ2v) is 4.32. The number of carbonyl (C=O) groups excluding carboxylic acids is 1. The molecular weight excluding hydrogens is 254 g/mol. The van der Waals surface area contributed by atoms with Crippen molar-refractivity contribution in [3.05, 3.63) is 0 Å². The largest absolute Gasteiger partial charge is 0.463 e. The molecule has 0 aromatic rings. The van der Waals surface area contributed by atoms with E-state index in [0.717, 1.165) is 0 Å². The molecule has 3 N–H and O–H groups in total. The lowest BCUT2D eigenvalue weighted by Crippen LogP contribution is -2.37. The first kappa shape index (κ1) is 18.3. The van der Waals surface area contributed by atoms with E-state index in [1.165, 1.54) is 6.92 Å². The summed E-state index contributed by atoms with van der Waals surface area (Å²) in [6, 6.07) is 0. The molecule has 0 aliphatic rings. The van der Waals surface area contributed by atoms with E-state index in [4.69, 9.17) is 24.7 Å². The molecule has 0 aliphatic heterocycles. The Morgan fingerprint density at radius 1 is 1.11 bits per heavy atom. The monoisotopic (exact) mass is 279 g/mol. The van der Waals surface area contributed by atoms with Gasteiger partial charge < -0.3 is 29.8 Å². The van der Waals surface area contributed by atoms with E-state index in [2.05, 4.69) is 0 Å². The number of nitrogens with two attached hydrogens (primary N) is 1. The third kappa shape index (κ3) is 12.1. The van der Waals surface area contributed by atoms with E-state index in [9.17, 15) is 9.90 Å². The van der Waals surface area contributed by atoms with Crippen LogP contribution in [0.5, 0.6) is 0 Å². The highest BCUT2D eigenvalue weighted by Crippen LogP contribution is 2.07. The normalized spacial score (nSPS) is 14.1. The summed E-state index contributed by atoms with van der Waals surface area (Å²) in [5.74, 6) is -0.490. The van der Waals surface area contributed by atoms with Gasteiger partial charge in [-0.3, -0.25) is 4.79 Å². The molecule has 0 aliphatic carbocycles. The van der Waals surface area contributed by atoms with Crippen molar-refractivity contribution in [3.8, 4) is 0 Å². The summed E-state index contributed by atoms with van der Waals surface area (Å²) in [6.45, 7) is 3.93. The summed E-state index contributed by atoms with van der Waals surface area (Å²) in [7, 11) is 1.61. The molecular formula is C12H25NO6. The van der Waals surface area contributed by atoms with Crippen LogP contribution in [-0.2, 0) is 23.7 Å². The topological polar surface area (TPSA) is 100 Å². The number of hydrogen-bond acceptors (Lipinski definition) is 7. The molecule has 0 aromatic carbocycles. The van der Waals surface area contributed by atoms with Crippen LogP contribution >= 0.6 is 0 Å². The molecule has 0 heterocycles. The van der Waals surface area contributed by atoms with Crippen LogP contribution in [0, 0.1) is 0 Å². The van der Waals surface area contributed by atoms with Crippen LogP contribution in [0.4, 0.5) is 0 Å². The Bertz CT molecular complexity index is 234. The maximum Gasteiger partial charge on any atom is 0.308 e. The summed E-state index contributed by atoms with van der Waals surface area (Å²) in [5, 5.41) is 9.55. The van der Waals surface area contributed by atoms with Crippen LogP contribution in [-0.4, -0.2) is 70.0 Å². The molecule has 0 spiro atoms. The number of ether oxygens (including phenoxy) is 4. The molecule has 7 heteroatoms. The van der Waals surface area contributed by atoms with Crippen molar-refractivity contribution in [1.29, 1.82) is 0 Å². The summed E-state index contributed by atoms with van der Waals surface area (Å²) in [6.07, 6.45) is -0.121. The number of carbonyl (C=O) groups is 1. The minimum absolute atomic E-state index is 0.0113. The summed E-state index contributed by atoms with van der Waals surface area (Å²) < 4.78 is 20.1. The highest BCUT2D eigenvalue weighted by Gasteiger charge is 2.23. The van der Waals surface area contributed by atoms with Gasteiger partial charge in [0.15, 0.2) is 0 Å². The Labute approximate surface area is 114 Å². The van der Waals surface area contributed by atoms with Gasteiger partial charge in [-0.25, -0.2) is 0 Å². The number of aliphatic hydroxyl groups is 1. The summed E-state index contributed by atoms with van der Waals surface area (Å²) in [5.41, 5.74) is 4.08. The SMILES string of the molecule is COCCOCCOCCOC(=O)CC(C)(O)CN. The molecule has 1 atom stereocenters. The van der Waals surface area contributed by atoms with Gasteiger partial charge >= 0.3 is 5.97 Å². The quantitative estimate of drug-likeness (QED) is 0.360. The molecule has 0 radical (unpaired) electrons. The first-order valence-electron chi connectivity index (χ1n) is 6.24. The molecule has 0 bridgehead atoms. The Morgan fingerprint density at radius 2 is 1.63 bits per heavy atom. The van der Waals surface area contributed by atoms with Crippen molar-refractivity contribution in [1.82, 2.24) is 0 Å². The number of methoxy groups -OCH3 is 1. The summed E-state index contributed by atoms with van der Waals surface area (Å²) >= 11 is 0. The number of rotatable bonds is 12. The molecule has 7 nitrogen and oxygen atoms in total. The second-order valence-electron chi connectivity index (χ2n) is 4.32. The second kappa shape index (κ2) is 11.1. The van der Waals surface area contributed by atoms with Crippen LogP contribution in [0.25, 0.3) is 0 Å². The van der Waals surface area contributed by atoms with Gasteiger partial charge in [0.05, 0.1) is 45.1 Å². The molecule has 0 aromatic heterocycles. The van der Waals surface area contributed by atoms with Gasteiger partial charge in [-0.15, -0.1) is 0 Å². The van der Waals surface area contributed by atoms with Crippen molar-refractivity contribution in [3.63, 3.8) is 0 Å². The fourth-order valence-electron chi connectivity index (χ4n) is 1.11. The first-order valence-corrected chi connectivity index (χ1v) is 6.24. The fraction of sp³-hybridized carbons (Fsp3) is 0.917. The van der Waals surface area contributed by atoms with Gasteiger partial charge in [0.1, 0.15) is 6.61 Å². The van der Waals surface area contributed by atoms with Gasteiger partial charge in [-0.05, 0) is 6.92 Å². The standard InChI is InChI=1S/C12H25NO6/c1-12(15,10-13)9-11(14)19-8-7-18-6-5-17-4-3-16-2/h15H,3-10,13H2,1-2H3. The van der Waals surface area contributed by atoms with E-state index in [0.29, 0.717) is 33.0 Å². The fourth-order valence-corrected chi connectivity index (χ4v) is 1.11. The van der Waals surface area contributed by atoms with Crippen molar-refractivity contribution >= 4 is 5.97 Å². The first-order chi connectivity index (χ1) is 9.02. The highest BCUT2D eigenvalue weighted by molar-refractivity contribution is 5.70. The third-order valence-electron chi connectivity index (χ3n) is 2.26. The lowest BCUT2D eigenvalue weighted by molar-refractivity contribution is -0.150. The Kier molecular flexibility index (Phi) is 10.7. The average Bonchev–Trinajstić information content (AvgIpc) is 2.36. The molecule has 0 amide bonds. The zero-order valence-electron chi connectivity index (χ0n) is 11.7. The predicted molar refractivity (Wildman–Crippen MR) is 68.8 cm³/mol. The number of hydrogen-bond donors (Lipinski definition) is 2. The lowest BCUT2D eigenvalue weighted by atomic mass is 10.0. The van der Waals surface area contributed by atoms with Crippen molar-refractivity contribution < 1.29 is 28.8 Å². The third-order valence-corrected chi connectivity index (χ3v) is 2.26. The molecule has 0 saturated heterocycles. The van der Waals surface area contributed by atoms with Crippen molar-refractivity contribution in [2.75, 3.05) is 53.3 Å². The highest BCUT2D eigenvalue weighted by atomic mass is 16.6. The maximum atomic E-state index is 11.3. The van der Waals surface area contributed by atoms with E-state index >= 15 is 0 Å². The smallest absolute Gasteiger partial charge is 0.308 e. The zero-order valence-corrected chi connectivity index (χ0v) is 11.7. The van der Waals surface area contributed by atoms with Crippen LogP contribution < -0.4 is 5.73 Å². The van der Waals surface area contributed by atoms with Gasteiger partial charge in [-0.2, -0.15) is 0 Å². The number of esters is 1. The molecule has 0 rings (SSSR count).